The van der Waals surface area contributed by atoms with E-state index in [1.54, 1.807) is 44.2 Å². The van der Waals surface area contributed by atoms with E-state index < -0.39 is 32.7 Å². The molecular weight excluding hydrogens is 473 g/mol. The van der Waals surface area contributed by atoms with E-state index >= 15 is 0 Å². The van der Waals surface area contributed by atoms with Crippen LogP contribution in [-0.2, 0) is 22.9 Å². The Morgan fingerprint density at radius 2 is 1.40 bits per heavy atom. The molecule has 180 valence electrons. The number of hydrogen-bond acceptors (Lipinski definition) is 5. The third-order valence-electron chi connectivity index (χ3n) is 5.66. The zero-order chi connectivity index (χ0) is 25.3. The molecule has 0 unspecified atom stereocenters. The summed E-state index contributed by atoms with van der Waals surface area (Å²) in [7, 11) is -4.26. The third kappa shape index (κ3) is 4.28. The number of anilines is 1. The largest absolute Gasteiger partial charge is 0.321 e. The molecule has 1 amide bonds. The monoisotopic (exact) mass is 495 g/mol. The molecule has 8 nitrogen and oxygen atoms in total. The number of carbonyl (C=O) groups excluding carboxylic acids is 1. The molecular formula is C25H22FN3O5S. The van der Waals surface area contributed by atoms with Gasteiger partial charge in [-0.1, -0.05) is 18.2 Å². The maximum Gasteiger partial charge on any atom is 0.316 e. The molecule has 0 spiro atoms. The highest BCUT2D eigenvalue weighted by Crippen LogP contribution is 2.32. The zero-order valence-electron chi connectivity index (χ0n) is 19.0. The maximum absolute atomic E-state index is 13.6. The van der Waals surface area contributed by atoms with Crippen LogP contribution in [-0.4, -0.2) is 23.5 Å². The van der Waals surface area contributed by atoms with Gasteiger partial charge in [0.15, 0.2) is 0 Å². The van der Waals surface area contributed by atoms with Crippen LogP contribution in [0.5, 0.6) is 0 Å². The first kappa shape index (κ1) is 24.1. The summed E-state index contributed by atoms with van der Waals surface area (Å²) >= 11 is 0. The van der Waals surface area contributed by atoms with E-state index in [-0.39, 0.29) is 34.1 Å². The molecule has 3 aromatic carbocycles. The molecule has 0 atom stereocenters. The van der Waals surface area contributed by atoms with Crippen molar-refractivity contribution in [1.82, 2.24) is 9.13 Å². The fourth-order valence-electron chi connectivity index (χ4n) is 3.91. The van der Waals surface area contributed by atoms with Crippen LogP contribution in [0.1, 0.15) is 24.2 Å². The minimum Gasteiger partial charge on any atom is -0.321 e. The lowest BCUT2D eigenvalue weighted by atomic mass is 10.2. The van der Waals surface area contributed by atoms with Crippen LogP contribution < -0.4 is 16.4 Å². The second-order valence-electron chi connectivity index (χ2n) is 7.71. The summed E-state index contributed by atoms with van der Waals surface area (Å²) in [5.41, 5.74) is -0.801. The summed E-state index contributed by atoms with van der Waals surface area (Å²) in [5.74, 6) is -1.17. The molecule has 35 heavy (non-hydrogen) atoms. The number of hydrogen-bond donors (Lipinski definition) is 1. The number of sulfone groups is 1. The summed E-state index contributed by atoms with van der Waals surface area (Å²) in [5, 5.41) is 2.63. The van der Waals surface area contributed by atoms with E-state index in [4.69, 9.17) is 0 Å². The lowest BCUT2D eigenvalue weighted by Crippen LogP contribution is -2.41. The van der Waals surface area contributed by atoms with Crippen LogP contribution in [0.2, 0.25) is 0 Å². The van der Waals surface area contributed by atoms with Gasteiger partial charge in [-0.15, -0.1) is 0 Å². The standard InChI is InChI=1S/C25H22FN3O5S/c1-3-28-20-14-19(27-23(30)16-8-6-5-7-9-16)22(15-21(20)29(4-2)25(32)24(28)31)35(33,34)18-12-10-17(26)11-13-18/h5-15H,3-4H2,1-2H3,(H,27,30). The number of aromatic nitrogens is 2. The van der Waals surface area contributed by atoms with Gasteiger partial charge in [0.1, 0.15) is 5.82 Å². The SMILES string of the molecule is CCn1c(=O)c(=O)n(CC)c2cc(S(=O)(=O)c3ccc(F)cc3)c(NC(=O)c3ccccc3)cc21. The van der Waals surface area contributed by atoms with Gasteiger partial charge in [0, 0.05) is 18.7 Å². The molecule has 0 radical (unpaired) electrons. The van der Waals surface area contributed by atoms with Gasteiger partial charge in [0.2, 0.25) is 9.84 Å². The summed E-state index contributed by atoms with van der Waals surface area (Å²) in [6, 6.07) is 15.1. The molecule has 0 aliphatic carbocycles. The summed E-state index contributed by atoms with van der Waals surface area (Å²) in [4.78, 5) is 37.8. The van der Waals surface area contributed by atoms with Gasteiger partial charge < -0.3 is 14.5 Å². The predicted octanol–water partition coefficient (Wildman–Crippen LogP) is 3.43. The van der Waals surface area contributed by atoms with Gasteiger partial charge in [-0.2, -0.15) is 0 Å². The number of rotatable bonds is 6. The van der Waals surface area contributed by atoms with E-state index in [0.717, 1.165) is 24.3 Å². The molecule has 10 heteroatoms. The molecule has 4 aromatic rings. The Morgan fingerprint density at radius 3 is 1.94 bits per heavy atom. The van der Waals surface area contributed by atoms with Crippen LogP contribution in [0.25, 0.3) is 11.0 Å². The maximum atomic E-state index is 13.6. The van der Waals surface area contributed by atoms with Crippen molar-refractivity contribution in [3.05, 3.63) is 98.8 Å². The lowest BCUT2D eigenvalue weighted by molar-refractivity contribution is 0.102. The third-order valence-corrected chi connectivity index (χ3v) is 7.47. The van der Waals surface area contributed by atoms with E-state index in [0.29, 0.717) is 11.1 Å². The number of amides is 1. The van der Waals surface area contributed by atoms with Crippen molar-refractivity contribution in [2.75, 3.05) is 5.32 Å². The summed E-state index contributed by atoms with van der Waals surface area (Å²) < 4.78 is 43.1. The topological polar surface area (TPSA) is 107 Å². The number of nitrogens with zero attached hydrogens (tertiary/aromatic N) is 2. The van der Waals surface area contributed by atoms with Crippen LogP contribution in [0.15, 0.2) is 86.1 Å². The number of carbonyl (C=O) groups is 1. The van der Waals surface area contributed by atoms with Gasteiger partial charge >= 0.3 is 11.1 Å². The molecule has 4 rings (SSSR count). The smallest absolute Gasteiger partial charge is 0.316 e. The van der Waals surface area contributed by atoms with Crippen molar-refractivity contribution < 1.29 is 17.6 Å². The molecule has 0 bridgehead atoms. The van der Waals surface area contributed by atoms with Crippen molar-refractivity contribution in [3.63, 3.8) is 0 Å². The van der Waals surface area contributed by atoms with Gasteiger partial charge in [-0.25, -0.2) is 12.8 Å². The minimum atomic E-state index is -4.26. The van der Waals surface area contributed by atoms with Crippen molar-refractivity contribution >= 4 is 32.5 Å². The molecule has 0 saturated carbocycles. The number of benzene rings is 3. The predicted molar refractivity (Wildman–Crippen MR) is 130 cm³/mol. The van der Waals surface area contributed by atoms with Gasteiger partial charge in [0.25, 0.3) is 5.91 Å². The number of halogens is 1. The van der Waals surface area contributed by atoms with Crippen LogP contribution in [0.3, 0.4) is 0 Å². The Balaban J connectivity index is 2.05. The molecule has 1 N–H and O–H groups in total. The van der Waals surface area contributed by atoms with Gasteiger partial charge in [0.05, 0.1) is 26.5 Å². The van der Waals surface area contributed by atoms with Crippen molar-refractivity contribution in [1.29, 1.82) is 0 Å². The molecule has 1 heterocycles. The normalized spacial score (nSPS) is 11.5. The fourth-order valence-corrected chi connectivity index (χ4v) is 5.33. The number of aryl methyl sites for hydroxylation is 2. The highest BCUT2D eigenvalue weighted by atomic mass is 32.2. The van der Waals surface area contributed by atoms with Gasteiger partial charge in [-0.05, 0) is 62.4 Å². The molecule has 1 aromatic heterocycles. The van der Waals surface area contributed by atoms with Crippen LogP contribution >= 0.6 is 0 Å². The second kappa shape index (κ2) is 9.30. The minimum absolute atomic E-state index is 0.0708. The Hall–Kier alpha value is -4.05. The van der Waals surface area contributed by atoms with Crippen molar-refractivity contribution in [2.45, 2.75) is 36.7 Å². The Bertz CT molecular complexity index is 1660. The molecule has 0 aliphatic rings. The first-order valence-corrected chi connectivity index (χ1v) is 12.4. The Labute approximate surface area is 200 Å². The number of fused-ring (bicyclic) bond motifs is 1. The fraction of sp³-hybridized carbons (Fsp3) is 0.160. The first-order chi connectivity index (χ1) is 16.7. The Kier molecular flexibility index (Phi) is 6.40. The molecule has 0 saturated heterocycles. The highest BCUT2D eigenvalue weighted by molar-refractivity contribution is 7.91. The zero-order valence-corrected chi connectivity index (χ0v) is 19.8. The lowest BCUT2D eigenvalue weighted by Gasteiger charge is -2.18. The van der Waals surface area contributed by atoms with Crippen molar-refractivity contribution in [2.24, 2.45) is 0 Å². The van der Waals surface area contributed by atoms with Crippen molar-refractivity contribution in [3.8, 4) is 0 Å². The molecule has 0 fully saturated rings. The highest BCUT2D eigenvalue weighted by Gasteiger charge is 2.26. The quantitative estimate of drug-likeness (QED) is 0.326. The van der Waals surface area contributed by atoms with E-state index in [1.165, 1.54) is 21.3 Å². The average molecular weight is 496 g/mol. The van der Waals surface area contributed by atoms with Crippen LogP contribution in [0, 0.1) is 5.82 Å². The van der Waals surface area contributed by atoms with Crippen LogP contribution in [0.4, 0.5) is 10.1 Å². The van der Waals surface area contributed by atoms with E-state index in [1.807, 2.05) is 0 Å². The summed E-state index contributed by atoms with van der Waals surface area (Å²) in [6.07, 6.45) is 0. The van der Waals surface area contributed by atoms with E-state index in [2.05, 4.69) is 5.32 Å². The summed E-state index contributed by atoms with van der Waals surface area (Å²) in [6.45, 7) is 3.63. The second-order valence-corrected chi connectivity index (χ2v) is 9.63. The number of nitrogens with one attached hydrogen (secondary N) is 1. The Morgan fingerprint density at radius 1 is 0.857 bits per heavy atom. The van der Waals surface area contributed by atoms with Gasteiger partial charge in [-0.3, -0.25) is 14.4 Å². The molecule has 0 aliphatic heterocycles. The van der Waals surface area contributed by atoms with E-state index in [9.17, 15) is 27.2 Å². The average Bonchev–Trinajstić information content (AvgIpc) is 2.85. The first-order valence-electron chi connectivity index (χ1n) is 10.9.